The molecule has 0 aliphatic carbocycles. The maximum atomic E-state index is 13.2. The van der Waals surface area contributed by atoms with Crippen LogP contribution in [0.4, 0.5) is 4.39 Å². The highest BCUT2D eigenvalue weighted by Gasteiger charge is 2.09. The zero-order valence-electron chi connectivity index (χ0n) is 10.7. The van der Waals surface area contributed by atoms with Gasteiger partial charge in [-0.1, -0.05) is 12.1 Å². The minimum absolute atomic E-state index is 0.336. The molecule has 1 atom stereocenters. The van der Waals surface area contributed by atoms with Crippen LogP contribution in [0.5, 0.6) is 11.5 Å². The zero-order chi connectivity index (χ0) is 14.0. The number of aliphatic hydroxyl groups is 1. The highest BCUT2D eigenvalue weighted by atomic mass is 79.9. The van der Waals surface area contributed by atoms with Gasteiger partial charge in [-0.3, -0.25) is 0 Å². The number of halogens is 2. The van der Waals surface area contributed by atoms with E-state index in [9.17, 15) is 9.50 Å². The molecule has 1 N–H and O–H groups in total. The number of hydrogen-bond donors (Lipinski definition) is 1. The van der Waals surface area contributed by atoms with E-state index in [4.69, 9.17) is 4.74 Å². The van der Waals surface area contributed by atoms with Crippen LogP contribution in [0.2, 0.25) is 0 Å². The van der Waals surface area contributed by atoms with Crippen molar-refractivity contribution >= 4 is 15.9 Å². The van der Waals surface area contributed by atoms with E-state index in [0.717, 1.165) is 15.6 Å². The van der Waals surface area contributed by atoms with Crippen LogP contribution < -0.4 is 4.74 Å². The molecular formula is C15H14BrFO2. The molecule has 0 amide bonds. The summed E-state index contributed by atoms with van der Waals surface area (Å²) < 4.78 is 19.6. The zero-order valence-corrected chi connectivity index (χ0v) is 12.2. The molecule has 2 aromatic rings. The van der Waals surface area contributed by atoms with E-state index in [-0.39, 0.29) is 5.82 Å². The van der Waals surface area contributed by atoms with Gasteiger partial charge in [-0.2, -0.15) is 0 Å². The SMILES string of the molecule is Cc1ccc(F)cc1Oc1ccc([C@H](C)O)cc1Br. The molecule has 2 aromatic carbocycles. The summed E-state index contributed by atoms with van der Waals surface area (Å²) in [5.74, 6) is 0.723. The second kappa shape index (κ2) is 5.72. The highest BCUT2D eigenvalue weighted by Crippen LogP contribution is 2.33. The molecule has 0 bridgehead atoms. The summed E-state index contributed by atoms with van der Waals surface area (Å²) in [6.07, 6.45) is -0.541. The van der Waals surface area contributed by atoms with Crippen molar-refractivity contribution in [1.29, 1.82) is 0 Å². The van der Waals surface area contributed by atoms with E-state index >= 15 is 0 Å². The number of hydrogen-bond acceptors (Lipinski definition) is 2. The van der Waals surface area contributed by atoms with Crippen LogP contribution in [0, 0.1) is 12.7 Å². The van der Waals surface area contributed by atoms with E-state index in [0.29, 0.717) is 11.5 Å². The first kappa shape index (κ1) is 14.0. The highest BCUT2D eigenvalue weighted by molar-refractivity contribution is 9.10. The van der Waals surface area contributed by atoms with Crippen LogP contribution in [0.25, 0.3) is 0 Å². The summed E-state index contributed by atoms with van der Waals surface area (Å²) in [4.78, 5) is 0. The Morgan fingerprint density at radius 3 is 2.53 bits per heavy atom. The molecule has 0 heterocycles. The fraction of sp³-hybridized carbons (Fsp3) is 0.200. The third-order valence-corrected chi connectivity index (χ3v) is 3.43. The Bertz CT molecular complexity index is 597. The number of aliphatic hydroxyl groups excluding tert-OH is 1. The molecule has 0 aliphatic rings. The minimum atomic E-state index is -0.541. The number of benzene rings is 2. The molecule has 19 heavy (non-hydrogen) atoms. The van der Waals surface area contributed by atoms with Gasteiger partial charge in [-0.05, 0) is 59.1 Å². The molecule has 0 saturated heterocycles. The molecule has 0 spiro atoms. The van der Waals surface area contributed by atoms with Crippen LogP contribution in [0.15, 0.2) is 40.9 Å². The van der Waals surface area contributed by atoms with Gasteiger partial charge < -0.3 is 9.84 Å². The molecular weight excluding hydrogens is 311 g/mol. The van der Waals surface area contributed by atoms with Gasteiger partial charge in [0.05, 0.1) is 10.6 Å². The first-order chi connectivity index (χ1) is 8.97. The van der Waals surface area contributed by atoms with Gasteiger partial charge in [0.1, 0.15) is 17.3 Å². The largest absolute Gasteiger partial charge is 0.456 e. The van der Waals surface area contributed by atoms with Crippen LogP contribution in [0.1, 0.15) is 24.2 Å². The molecule has 4 heteroatoms. The Morgan fingerprint density at radius 2 is 1.89 bits per heavy atom. The predicted octanol–water partition coefficient (Wildman–Crippen LogP) is 4.74. The summed E-state index contributed by atoms with van der Waals surface area (Å²) in [7, 11) is 0. The van der Waals surface area contributed by atoms with E-state index in [1.165, 1.54) is 12.1 Å². The van der Waals surface area contributed by atoms with Crippen molar-refractivity contribution in [3.63, 3.8) is 0 Å². The molecule has 2 rings (SSSR count). The van der Waals surface area contributed by atoms with Crippen LogP contribution in [-0.4, -0.2) is 5.11 Å². The van der Waals surface area contributed by atoms with Crippen molar-refractivity contribution in [3.05, 3.63) is 57.8 Å². The van der Waals surface area contributed by atoms with Crippen molar-refractivity contribution in [2.45, 2.75) is 20.0 Å². The molecule has 0 saturated carbocycles. The van der Waals surface area contributed by atoms with E-state index in [1.54, 1.807) is 31.2 Å². The van der Waals surface area contributed by atoms with Crippen LogP contribution in [0.3, 0.4) is 0 Å². The lowest BCUT2D eigenvalue weighted by atomic mass is 10.1. The topological polar surface area (TPSA) is 29.5 Å². The van der Waals surface area contributed by atoms with Gasteiger partial charge in [0.2, 0.25) is 0 Å². The van der Waals surface area contributed by atoms with Gasteiger partial charge in [0.15, 0.2) is 0 Å². The van der Waals surface area contributed by atoms with Crippen LogP contribution in [-0.2, 0) is 0 Å². The van der Waals surface area contributed by atoms with Crippen molar-refractivity contribution in [2.24, 2.45) is 0 Å². The lowest BCUT2D eigenvalue weighted by molar-refractivity contribution is 0.199. The van der Waals surface area contributed by atoms with E-state index in [1.807, 2.05) is 6.92 Å². The van der Waals surface area contributed by atoms with Crippen molar-refractivity contribution in [2.75, 3.05) is 0 Å². The number of ether oxygens (including phenoxy) is 1. The van der Waals surface area contributed by atoms with Crippen molar-refractivity contribution < 1.29 is 14.2 Å². The number of aryl methyl sites for hydroxylation is 1. The van der Waals surface area contributed by atoms with Gasteiger partial charge in [0, 0.05) is 6.07 Å². The minimum Gasteiger partial charge on any atom is -0.456 e. The Balaban J connectivity index is 2.31. The van der Waals surface area contributed by atoms with Crippen molar-refractivity contribution in [3.8, 4) is 11.5 Å². The molecule has 0 aliphatic heterocycles. The average molecular weight is 325 g/mol. The second-order valence-corrected chi connectivity index (χ2v) is 5.23. The third-order valence-electron chi connectivity index (χ3n) is 2.81. The normalized spacial score (nSPS) is 12.3. The fourth-order valence-electron chi connectivity index (χ4n) is 1.66. The Hall–Kier alpha value is -1.39. The lowest BCUT2D eigenvalue weighted by Crippen LogP contribution is -1.93. The fourth-order valence-corrected chi connectivity index (χ4v) is 2.14. The second-order valence-electron chi connectivity index (χ2n) is 4.38. The number of rotatable bonds is 3. The summed E-state index contributed by atoms with van der Waals surface area (Å²) in [6.45, 7) is 3.55. The Morgan fingerprint density at radius 1 is 1.16 bits per heavy atom. The van der Waals surface area contributed by atoms with Gasteiger partial charge in [0.25, 0.3) is 0 Å². The van der Waals surface area contributed by atoms with E-state index in [2.05, 4.69) is 15.9 Å². The predicted molar refractivity (Wildman–Crippen MR) is 76.0 cm³/mol. The third kappa shape index (κ3) is 3.33. The summed E-state index contributed by atoms with van der Waals surface area (Å²) in [5, 5.41) is 9.50. The molecule has 0 unspecified atom stereocenters. The van der Waals surface area contributed by atoms with E-state index < -0.39 is 6.10 Å². The van der Waals surface area contributed by atoms with Crippen molar-refractivity contribution in [1.82, 2.24) is 0 Å². The Kier molecular flexibility index (Phi) is 4.22. The molecule has 100 valence electrons. The summed E-state index contributed by atoms with van der Waals surface area (Å²) in [6, 6.07) is 9.73. The molecule has 0 fully saturated rings. The molecule has 2 nitrogen and oxygen atoms in total. The average Bonchev–Trinajstić information content (AvgIpc) is 2.36. The Labute approximate surface area is 120 Å². The summed E-state index contributed by atoms with van der Waals surface area (Å²) >= 11 is 3.39. The first-order valence-corrected chi connectivity index (χ1v) is 6.68. The standard InChI is InChI=1S/C15H14BrFO2/c1-9-3-5-12(17)8-15(9)19-14-6-4-11(10(2)18)7-13(14)16/h3-8,10,18H,1-2H3/t10-/m0/s1. The summed E-state index contributed by atoms with van der Waals surface area (Å²) in [5.41, 5.74) is 1.64. The van der Waals surface area contributed by atoms with Gasteiger partial charge >= 0.3 is 0 Å². The maximum absolute atomic E-state index is 13.2. The quantitative estimate of drug-likeness (QED) is 0.883. The maximum Gasteiger partial charge on any atom is 0.141 e. The van der Waals surface area contributed by atoms with Gasteiger partial charge in [-0.15, -0.1) is 0 Å². The smallest absolute Gasteiger partial charge is 0.141 e. The lowest BCUT2D eigenvalue weighted by Gasteiger charge is -2.12. The van der Waals surface area contributed by atoms with Gasteiger partial charge in [-0.25, -0.2) is 4.39 Å². The first-order valence-electron chi connectivity index (χ1n) is 5.89. The molecule has 0 radical (unpaired) electrons. The van der Waals surface area contributed by atoms with Crippen LogP contribution >= 0.6 is 15.9 Å². The molecule has 0 aromatic heterocycles. The monoisotopic (exact) mass is 324 g/mol.